The van der Waals surface area contributed by atoms with Crippen LogP contribution >= 0.6 is 54.5 Å². The van der Waals surface area contributed by atoms with E-state index in [1.54, 1.807) is 0 Å². The van der Waals surface area contributed by atoms with Crippen LogP contribution in [0.2, 0.25) is 0 Å². The summed E-state index contributed by atoms with van der Waals surface area (Å²) >= 11 is 9.24. The van der Waals surface area contributed by atoms with Gasteiger partial charge in [-0.25, -0.2) is 0 Å². The largest absolute Gasteiger partial charge is 0.384 e. The van der Waals surface area contributed by atoms with E-state index in [9.17, 15) is 5.11 Å². The summed E-state index contributed by atoms with van der Waals surface area (Å²) < 4.78 is 3.12. The maximum Gasteiger partial charge on any atom is 0.105 e. The number of aliphatic hydroxyl groups is 1. The summed E-state index contributed by atoms with van der Waals surface area (Å²) in [4.78, 5) is 0. The molecule has 2 aromatic carbocycles. The third kappa shape index (κ3) is 3.40. The Balaban J connectivity index is 2.52. The summed E-state index contributed by atoms with van der Waals surface area (Å²) in [6, 6.07) is 10.1. The summed E-state index contributed by atoms with van der Waals surface area (Å²) in [5.74, 6) is 0. The minimum Gasteiger partial charge on any atom is -0.384 e. The molecule has 0 aliphatic rings. The lowest BCUT2D eigenvalue weighted by atomic mass is 9.96. The predicted octanol–water partition coefficient (Wildman–Crippen LogP) is 5.51. The third-order valence-corrected chi connectivity index (χ3v) is 5.42. The van der Waals surface area contributed by atoms with Gasteiger partial charge in [0.25, 0.3) is 0 Å². The molecule has 0 bridgehead atoms. The molecule has 0 spiro atoms. The standard InChI is InChI=1S/C15H13Br2IO/c1-8-6-13(17)9(2)5-11(8)15(19)12-7-10(16)3-4-14(12)18/h3-7,15,19H,1-2H3. The fourth-order valence-corrected chi connectivity index (χ4v) is 3.46. The molecule has 1 nitrogen and oxygen atoms in total. The van der Waals surface area contributed by atoms with Gasteiger partial charge in [0.05, 0.1) is 0 Å². The lowest BCUT2D eigenvalue weighted by Gasteiger charge is -2.17. The van der Waals surface area contributed by atoms with Crippen molar-refractivity contribution in [2.45, 2.75) is 20.0 Å². The van der Waals surface area contributed by atoms with Crippen LogP contribution in [0.1, 0.15) is 28.4 Å². The van der Waals surface area contributed by atoms with E-state index in [4.69, 9.17) is 0 Å². The maximum atomic E-state index is 10.7. The number of hydrogen-bond acceptors (Lipinski definition) is 1. The fraction of sp³-hybridized carbons (Fsp3) is 0.200. The second-order valence-electron chi connectivity index (χ2n) is 4.53. The fourth-order valence-electron chi connectivity index (χ4n) is 1.99. The number of halogens is 3. The summed E-state index contributed by atoms with van der Waals surface area (Å²) in [5.41, 5.74) is 4.10. The SMILES string of the molecule is Cc1cc(C(O)c2cc(Br)ccc2I)c(C)cc1Br. The van der Waals surface area contributed by atoms with Gasteiger partial charge in [-0.15, -0.1) is 0 Å². The zero-order chi connectivity index (χ0) is 14.2. The van der Waals surface area contributed by atoms with Crippen LogP contribution in [0.3, 0.4) is 0 Å². The molecule has 100 valence electrons. The van der Waals surface area contributed by atoms with Crippen LogP contribution in [0.25, 0.3) is 0 Å². The first-order chi connectivity index (χ1) is 8.90. The second-order valence-corrected chi connectivity index (χ2v) is 7.46. The Morgan fingerprint density at radius 2 is 1.68 bits per heavy atom. The molecule has 0 aliphatic carbocycles. The van der Waals surface area contributed by atoms with Crippen molar-refractivity contribution in [3.63, 3.8) is 0 Å². The second kappa shape index (κ2) is 6.24. The highest BCUT2D eigenvalue weighted by Crippen LogP contribution is 2.32. The van der Waals surface area contributed by atoms with Gasteiger partial charge in [-0.1, -0.05) is 37.9 Å². The summed E-state index contributed by atoms with van der Waals surface area (Å²) in [7, 11) is 0. The van der Waals surface area contributed by atoms with Crippen LogP contribution in [-0.4, -0.2) is 5.11 Å². The molecular formula is C15H13Br2IO. The molecule has 1 atom stereocenters. The van der Waals surface area contributed by atoms with Crippen molar-refractivity contribution in [3.05, 3.63) is 65.1 Å². The van der Waals surface area contributed by atoms with Crippen LogP contribution in [0.5, 0.6) is 0 Å². The first-order valence-electron chi connectivity index (χ1n) is 5.80. The Morgan fingerprint density at radius 1 is 1.00 bits per heavy atom. The van der Waals surface area contributed by atoms with Crippen LogP contribution in [-0.2, 0) is 0 Å². The van der Waals surface area contributed by atoms with E-state index >= 15 is 0 Å². The van der Waals surface area contributed by atoms with E-state index in [1.807, 2.05) is 38.1 Å². The highest BCUT2D eigenvalue weighted by atomic mass is 127. The van der Waals surface area contributed by atoms with Gasteiger partial charge >= 0.3 is 0 Å². The van der Waals surface area contributed by atoms with Gasteiger partial charge in [-0.05, 0) is 83.0 Å². The van der Waals surface area contributed by atoms with E-state index in [-0.39, 0.29) is 0 Å². The number of aliphatic hydroxyl groups excluding tert-OH is 1. The highest BCUT2D eigenvalue weighted by molar-refractivity contribution is 14.1. The van der Waals surface area contributed by atoms with Gasteiger partial charge in [-0.2, -0.15) is 0 Å². The van der Waals surface area contributed by atoms with Crippen LogP contribution in [0, 0.1) is 17.4 Å². The third-order valence-electron chi connectivity index (χ3n) is 3.09. The van der Waals surface area contributed by atoms with E-state index in [0.29, 0.717) is 0 Å². The molecule has 2 aromatic rings. The van der Waals surface area contributed by atoms with Crippen LogP contribution in [0.15, 0.2) is 39.3 Å². The molecule has 1 N–H and O–H groups in total. The van der Waals surface area contributed by atoms with Crippen LogP contribution < -0.4 is 0 Å². The molecule has 0 saturated carbocycles. The molecule has 19 heavy (non-hydrogen) atoms. The molecule has 0 aliphatic heterocycles. The Labute approximate surface area is 143 Å². The highest BCUT2D eigenvalue weighted by Gasteiger charge is 2.17. The Hall–Kier alpha value is 0.0900. The first kappa shape index (κ1) is 15.5. The minimum absolute atomic E-state index is 0.601. The van der Waals surface area contributed by atoms with Gasteiger partial charge in [-0.3, -0.25) is 0 Å². The van der Waals surface area contributed by atoms with Crippen molar-refractivity contribution in [1.29, 1.82) is 0 Å². The Bertz CT molecular complexity index is 626. The lowest BCUT2D eigenvalue weighted by Crippen LogP contribution is -2.05. The molecule has 4 heteroatoms. The molecule has 2 rings (SSSR count). The number of hydrogen-bond donors (Lipinski definition) is 1. The van der Waals surface area contributed by atoms with Gasteiger partial charge in [0, 0.05) is 12.5 Å². The first-order valence-corrected chi connectivity index (χ1v) is 8.46. The van der Waals surface area contributed by atoms with Gasteiger partial charge in [0.15, 0.2) is 0 Å². The molecular weight excluding hydrogens is 483 g/mol. The van der Waals surface area contributed by atoms with Crippen LogP contribution in [0.4, 0.5) is 0 Å². The van der Waals surface area contributed by atoms with Crippen molar-refractivity contribution in [2.75, 3.05) is 0 Å². The quantitative estimate of drug-likeness (QED) is 0.544. The molecule has 0 amide bonds. The molecule has 0 fully saturated rings. The number of aryl methyl sites for hydroxylation is 2. The number of benzene rings is 2. The van der Waals surface area contributed by atoms with Crippen molar-refractivity contribution in [1.82, 2.24) is 0 Å². The smallest absolute Gasteiger partial charge is 0.105 e. The molecule has 0 aromatic heterocycles. The lowest BCUT2D eigenvalue weighted by molar-refractivity contribution is 0.218. The summed E-state index contributed by atoms with van der Waals surface area (Å²) in [6.07, 6.45) is -0.601. The topological polar surface area (TPSA) is 20.2 Å². The normalized spacial score (nSPS) is 12.5. The Kier molecular flexibility index (Phi) is 5.09. The zero-order valence-electron chi connectivity index (χ0n) is 10.5. The van der Waals surface area contributed by atoms with Crippen molar-refractivity contribution in [2.24, 2.45) is 0 Å². The van der Waals surface area contributed by atoms with Gasteiger partial charge in [0.1, 0.15) is 6.10 Å². The van der Waals surface area contributed by atoms with E-state index in [2.05, 4.69) is 60.5 Å². The van der Waals surface area contributed by atoms with E-state index < -0.39 is 6.10 Å². The van der Waals surface area contributed by atoms with Gasteiger partial charge in [0.2, 0.25) is 0 Å². The van der Waals surface area contributed by atoms with Crippen molar-refractivity contribution < 1.29 is 5.11 Å². The number of rotatable bonds is 2. The maximum absolute atomic E-state index is 10.7. The molecule has 0 heterocycles. The van der Waals surface area contributed by atoms with E-state index in [1.165, 1.54) is 0 Å². The zero-order valence-corrected chi connectivity index (χ0v) is 15.9. The van der Waals surface area contributed by atoms with Gasteiger partial charge < -0.3 is 5.11 Å². The molecule has 1 unspecified atom stereocenters. The van der Waals surface area contributed by atoms with Crippen molar-refractivity contribution in [3.8, 4) is 0 Å². The predicted molar refractivity (Wildman–Crippen MR) is 94.5 cm³/mol. The summed E-state index contributed by atoms with van der Waals surface area (Å²) in [5, 5.41) is 10.7. The average molecular weight is 496 g/mol. The monoisotopic (exact) mass is 494 g/mol. The van der Waals surface area contributed by atoms with Crippen molar-refractivity contribution >= 4 is 54.5 Å². The van der Waals surface area contributed by atoms with E-state index in [0.717, 1.165) is 34.8 Å². The minimum atomic E-state index is -0.601. The Morgan fingerprint density at radius 3 is 2.37 bits per heavy atom. The average Bonchev–Trinajstić information content (AvgIpc) is 2.36. The molecule has 0 radical (unpaired) electrons. The summed E-state index contributed by atoms with van der Waals surface area (Å²) in [6.45, 7) is 4.05. The molecule has 0 saturated heterocycles.